The predicted molar refractivity (Wildman–Crippen MR) is 95.0 cm³/mol. The molecule has 0 amide bonds. The van der Waals surface area contributed by atoms with Crippen molar-refractivity contribution in [2.45, 2.75) is 25.9 Å². The highest BCUT2D eigenvalue weighted by Crippen LogP contribution is 2.20. The number of nitrogens with zero attached hydrogens (tertiary/aromatic N) is 3. The highest BCUT2D eigenvalue weighted by atomic mass is 15.1. The van der Waals surface area contributed by atoms with Crippen molar-refractivity contribution in [1.82, 2.24) is 14.8 Å². The molecule has 0 radical (unpaired) electrons. The lowest BCUT2D eigenvalue weighted by Crippen LogP contribution is -2.37. The van der Waals surface area contributed by atoms with Gasteiger partial charge in [-0.15, -0.1) is 0 Å². The van der Waals surface area contributed by atoms with Crippen LogP contribution in [0.4, 0.5) is 0 Å². The lowest BCUT2D eigenvalue weighted by Gasteiger charge is -2.34. The van der Waals surface area contributed by atoms with Gasteiger partial charge in [-0.05, 0) is 62.2 Å². The third kappa shape index (κ3) is 5.15. The Kier molecular flexibility index (Phi) is 5.78. The Morgan fingerprint density at radius 3 is 2.39 bits per heavy atom. The molecule has 3 heteroatoms. The molecule has 3 rings (SSSR count). The summed E-state index contributed by atoms with van der Waals surface area (Å²) in [6, 6.07) is 15.0. The van der Waals surface area contributed by atoms with E-state index in [0.29, 0.717) is 0 Å². The predicted octanol–water partition coefficient (Wildman–Crippen LogP) is 3.43. The van der Waals surface area contributed by atoms with E-state index in [2.05, 4.69) is 64.3 Å². The van der Waals surface area contributed by atoms with Crippen LogP contribution < -0.4 is 0 Å². The van der Waals surface area contributed by atoms with Crippen molar-refractivity contribution < 1.29 is 0 Å². The summed E-state index contributed by atoms with van der Waals surface area (Å²) in [5.74, 6) is 0.831. The zero-order valence-electron chi connectivity index (χ0n) is 14.1. The Hall–Kier alpha value is -1.71. The zero-order chi connectivity index (χ0) is 15.9. The van der Waals surface area contributed by atoms with Gasteiger partial charge in [0.15, 0.2) is 0 Å². The summed E-state index contributed by atoms with van der Waals surface area (Å²) in [6.45, 7) is 5.75. The Labute approximate surface area is 140 Å². The molecule has 1 saturated heterocycles. The van der Waals surface area contributed by atoms with Crippen LogP contribution in [0, 0.1) is 5.92 Å². The van der Waals surface area contributed by atoms with Gasteiger partial charge in [-0.25, -0.2) is 0 Å². The van der Waals surface area contributed by atoms with Gasteiger partial charge in [0.05, 0.1) is 0 Å². The van der Waals surface area contributed by atoms with E-state index in [1.54, 1.807) is 0 Å². The van der Waals surface area contributed by atoms with Crippen LogP contribution in [0.1, 0.15) is 24.0 Å². The lowest BCUT2D eigenvalue weighted by molar-refractivity contribution is 0.147. The normalized spacial score (nSPS) is 16.8. The maximum absolute atomic E-state index is 4.09. The molecule has 0 atom stereocenters. The molecular formula is C20H27N3. The van der Waals surface area contributed by atoms with Crippen molar-refractivity contribution in [2.75, 3.05) is 26.7 Å². The summed E-state index contributed by atoms with van der Waals surface area (Å²) in [6.07, 6.45) is 6.40. The number of hydrogen-bond acceptors (Lipinski definition) is 3. The summed E-state index contributed by atoms with van der Waals surface area (Å²) >= 11 is 0. The van der Waals surface area contributed by atoms with E-state index in [4.69, 9.17) is 0 Å². The smallest absolute Gasteiger partial charge is 0.0271 e. The van der Waals surface area contributed by atoms with Crippen molar-refractivity contribution in [3.8, 4) is 0 Å². The van der Waals surface area contributed by atoms with Gasteiger partial charge in [-0.2, -0.15) is 0 Å². The maximum atomic E-state index is 4.09. The third-order valence-electron chi connectivity index (χ3n) is 4.73. The van der Waals surface area contributed by atoms with Crippen LogP contribution in [0.25, 0.3) is 0 Å². The van der Waals surface area contributed by atoms with Crippen LogP contribution in [0.15, 0.2) is 54.9 Å². The van der Waals surface area contributed by atoms with Gasteiger partial charge in [0, 0.05) is 32.0 Å². The van der Waals surface area contributed by atoms with Gasteiger partial charge in [0.1, 0.15) is 0 Å². The second-order valence-electron chi connectivity index (χ2n) is 6.76. The molecule has 0 bridgehead atoms. The van der Waals surface area contributed by atoms with Gasteiger partial charge in [0.2, 0.25) is 0 Å². The molecule has 23 heavy (non-hydrogen) atoms. The summed E-state index contributed by atoms with van der Waals surface area (Å²) < 4.78 is 0. The minimum absolute atomic E-state index is 0.831. The minimum atomic E-state index is 0.831. The zero-order valence-corrected chi connectivity index (χ0v) is 14.1. The summed E-state index contributed by atoms with van der Waals surface area (Å²) in [5.41, 5.74) is 2.78. The van der Waals surface area contributed by atoms with Crippen molar-refractivity contribution in [2.24, 2.45) is 5.92 Å². The van der Waals surface area contributed by atoms with Crippen LogP contribution in [0.2, 0.25) is 0 Å². The lowest BCUT2D eigenvalue weighted by atomic mass is 9.96. The molecule has 1 aromatic carbocycles. The molecule has 0 spiro atoms. The van der Waals surface area contributed by atoms with Crippen LogP contribution in [0.5, 0.6) is 0 Å². The summed E-state index contributed by atoms with van der Waals surface area (Å²) in [5, 5.41) is 0. The third-order valence-corrected chi connectivity index (χ3v) is 4.73. The molecule has 0 aliphatic carbocycles. The molecule has 122 valence electrons. The van der Waals surface area contributed by atoms with Crippen molar-refractivity contribution in [3.05, 3.63) is 66.0 Å². The fraction of sp³-hybridized carbons (Fsp3) is 0.450. The largest absolute Gasteiger partial charge is 0.302 e. The van der Waals surface area contributed by atoms with Crippen molar-refractivity contribution in [3.63, 3.8) is 0 Å². The molecule has 1 fully saturated rings. The van der Waals surface area contributed by atoms with Crippen molar-refractivity contribution >= 4 is 0 Å². The Morgan fingerprint density at radius 2 is 1.70 bits per heavy atom. The van der Waals surface area contributed by atoms with E-state index >= 15 is 0 Å². The molecule has 1 aliphatic heterocycles. The molecule has 3 nitrogen and oxygen atoms in total. The first-order chi connectivity index (χ1) is 11.3. The Morgan fingerprint density at radius 1 is 1.00 bits per heavy atom. The number of aromatic nitrogens is 1. The molecule has 1 aromatic heterocycles. The molecule has 0 unspecified atom stereocenters. The molecular weight excluding hydrogens is 282 g/mol. The second kappa shape index (κ2) is 8.23. The summed E-state index contributed by atoms with van der Waals surface area (Å²) in [7, 11) is 2.25. The number of hydrogen-bond donors (Lipinski definition) is 0. The molecule has 1 aliphatic rings. The van der Waals surface area contributed by atoms with E-state index in [1.807, 2.05) is 12.4 Å². The van der Waals surface area contributed by atoms with Gasteiger partial charge in [0.25, 0.3) is 0 Å². The highest BCUT2D eigenvalue weighted by molar-refractivity contribution is 5.14. The second-order valence-corrected chi connectivity index (χ2v) is 6.76. The average molecular weight is 309 g/mol. The van der Waals surface area contributed by atoms with Gasteiger partial charge < -0.3 is 4.90 Å². The van der Waals surface area contributed by atoms with Crippen LogP contribution in [0.3, 0.4) is 0 Å². The first-order valence-corrected chi connectivity index (χ1v) is 8.63. The first-order valence-electron chi connectivity index (χ1n) is 8.63. The standard InChI is InChI=1S/C20H27N3/c1-22(15-18-5-3-2-4-6-18)16-20-9-13-23(14-10-20)17-19-7-11-21-12-8-19/h2-8,11-12,20H,9-10,13-17H2,1H3. The number of rotatable bonds is 6. The maximum Gasteiger partial charge on any atom is 0.0271 e. The topological polar surface area (TPSA) is 19.4 Å². The fourth-order valence-corrected chi connectivity index (χ4v) is 3.47. The average Bonchev–Trinajstić information content (AvgIpc) is 2.58. The monoisotopic (exact) mass is 309 g/mol. The Bertz CT molecular complexity index is 562. The van der Waals surface area contributed by atoms with Gasteiger partial charge in [-0.1, -0.05) is 30.3 Å². The molecule has 2 aromatic rings. The summed E-state index contributed by atoms with van der Waals surface area (Å²) in [4.78, 5) is 9.14. The van der Waals surface area contributed by atoms with Crippen LogP contribution in [-0.4, -0.2) is 41.5 Å². The number of likely N-dealkylation sites (tertiary alicyclic amines) is 1. The first kappa shape index (κ1) is 16.2. The van der Waals surface area contributed by atoms with E-state index < -0.39 is 0 Å². The number of piperidine rings is 1. The quantitative estimate of drug-likeness (QED) is 0.815. The number of pyridine rings is 1. The van der Waals surface area contributed by atoms with Gasteiger partial charge in [-0.3, -0.25) is 9.88 Å². The Balaban J connectivity index is 1.40. The van der Waals surface area contributed by atoms with E-state index in [-0.39, 0.29) is 0 Å². The SMILES string of the molecule is CN(Cc1ccccc1)CC1CCN(Cc2ccncc2)CC1. The van der Waals surface area contributed by atoms with E-state index in [9.17, 15) is 0 Å². The molecule has 0 N–H and O–H groups in total. The number of benzene rings is 1. The molecule has 2 heterocycles. The molecule has 0 saturated carbocycles. The van der Waals surface area contributed by atoms with Crippen LogP contribution >= 0.6 is 0 Å². The minimum Gasteiger partial charge on any atom is -0.302 e. The van der Waals surface area contributed by atoms with Crippen LogP contribution in [-0.2, 0) is 13.1 Å². The van der Waals surface area contributed by atoms with Gasteiger partial charge >= 0.3 is 0 Å². The van der Waals surface area contributed by atoms with Crippen molar-refractivity contribution in [1.29, 1.82) is 0 Å². The fourth-order valence-electron chi connectivity index (χ4n) is 3.47. The highest BCUT2D eigenvalue weighted by Gasteiger charge is 2.20. The van der Waals surface area contributed by atoms with E-state index in [1.165, 1.54) is 43.6 Å². The van der Waals surface area contributed by atoms with E-state index in [0.717, 1.165) is 19.0 Å².